The van der Waals surface area contributed by atoms with Crippen LogP contribution in [0.5, 0.6) is 11.5 Å². The fraction of sp³-hybridized carbons (Fsp3) is 0.571. The molecule has 0 spiro atoms. The Morgan fingerprint density at radius 1 is 1.25 bits per heavy atom. The van der Waals surface area contributed by atoms with Crippen LogP contribution in [0.3, 0.4) is 0 Å². The summed E-state index contributed by atoms with van der Waals surface area (Å²) in [5.74, 6) is 0.540. The van der Waals surface area contributed by atoms with Crippen molar-refractivity contribution < 1.29 is 23.4 Å². The summed E-state index contributed by atoms with van der Waals surface area (Å²) in [6.07, 6.45) is 0. The molecule has 0 unspecified atom stereocenters. The van der Waals surface area contributed by atoms with Crippen LogP contribution in [-0.2, 0) is 6.54 Å². The van der Waals surface area contributed by atoms with Gasteiger partial charge in [0.25, 0.3) is 0 Å². The van der Waals surface area contributed by atoms with Crippen LogP contribution in [-0.4, -0.2) is 31.5 Å². The summed E-state index contributed by atoms with van der Waals surface area (Å²) in [6, 6.07) is 4.81. The fourth-order valence-electron chi connectivity index (χ4n) is 1.78. The molecular formula is C14H21F2NO3. The molecule has 0 amide bonds. The molecule has 0 aromatic heterocycles. The lowest BCUT2D eigenvalue weighted by molar-refractivity contribution is -0.0512. The van der Waals surface area contributed by atoms with E-state index in [-0.39, 0.29) is 30.1 Å². The van der Waals surface area contributed by atoms with Crippen LogP contribution >= 0.6 is 0 Å². The van der Waals surface area contributed by atoms with Crippen molar-refractivity contribution in [3.05, 3.63) is 23.8 Å². The van der Waals surface area contributed by atoms with Crippen molar-refractivity contribution in [2.24, 2.45) is 5.92 Å². The highest BCUT2D eigenvalue weighted by Crippen LogP contribution is 2.29. The minimum atomic E-state index is -2.90. The molecule has 1 atom stereocenters. The van der Waals surface area contributed by atoms with E-state index in [1.165, 1.54) is 13.2 Å². The van der Waals surface area contributed by atoms with Gasteiger partial charge in [-0.15, -0.1) is 0 Å². The number of aliphatic hydroxyl groups is 1. The Bertz CT molecular complexity index is 413. The predicted octanol–water partition coefficient (Wildman–Crippen LogP) is 2.40. The molecule has 0 heterocycles. The summed E-state index contributed by atoms with van der Waals surface area (Å²) in [7, 11) is 1.39. The highest BCUT2D eigenvalue weighted by atomic mass is 19.3. The molecule has 20 heavy (non-hydrogen) atoms. The van der Waals surface area contributed by atoms with Gasteiger partial charge in [-0.25, -0.2) is 0 Å². The summed E-state index contributed by atoms with van der Waals surface area (Å²) < 4.78 is 34.0. The molecule has 0 aliphatic carbocycles. The molecule has 1 aromatic rings. The Kier molecular flexibility index (Phi) is 6.67. The molecule has 1 aromatic carbocycles. The minimum absolute atomic E-state index is 0.00638. The second-order valence-electron chi connectivity index (χ2n) is 4.78. The number of aliphatic hydroxyl groups excluding tert-OH is 1. The summed E-state index contributed by atoms with van der Waals surface area (Å²) in [5, 5.41) is 12.4. The van der Waals surface area contributed by atoms with E-state index in [1.807, 2.05) is 13.8 Å². The lowest BCUT2D eigenvalue weighted by Gasteiger charge is -2.20. The van der Waals surface area contributed by atoms with E-state index in [0.29, 0.717) is 6.54 Å². The topological polar surface area (TPSA) is 50.7 Å². The summed E-state index contributed by atoms with van der Waals surface area (Å²) >= 11 is 0. The number of alkyl halides is 2. The molecular weight excluding hydrogens is 268 g/mol. The first kappa shape index (κ1) is 16.7. The Hall–Kier alpha value is -1.40. The van der Waals surface area contributed by atoms with Gasteiger partial charge in [0.2, 0.25) is 0 Å². The molecule has 0 saturated carbocycles. The van der Waals surface area contributed by atoms with E-state index in [1.54, 1.807) is 12.1 Å². The SMILES string of the molecule is COc1ccc(CN[C@H](CO)C(C)C)cc1OC(F)F. The molecule has 1 rings (SSSR count). The molecule has 114 valence electrons. The third-order valence-corrected chi connectivity index (χ3v) is 3.01. The molecule has 6 heteroatoms. The first-order valence-electron chi connectivity index (χ1n) is 6.43. The second-order valence-corrected chi connectivity index (χ2v) is 4.78. The third-order valence-electron chi connectivity index (χ3n) is 3.01. The highest BCUT2D eigenvalue weighted by Gasteiger charge is 2.14. The fourth-order valence-corrected chi connectivity index (χ4v) is 1.78. The van der Waals surface area contributed by atoms with Gasteiger partial charge in [0.05, 0.1) is 13.7 Å². The lowest BCUT2D eigenvalue weighted by Crippen LogP contribution is -2.36. The van der Waals surface area contributed by atoms with Crippen molar-refractivity contribution in [1.29, 1.82) is 0 Å². The van der Waals surface area contributed by atoms with E-state index in [0.717, 1.165) is 5.56 Å². The van der Waals surface area contributed by atoms with Crippen LogP contribution in [0.25, 0.3) is 0 Å². The van der Waals surface area contributed by atoms with Crippen LogP contribution in [0, 0.1) is 5.92 Å². The number of hydrogen-bond acceptors (Lipinski definition) is 4. The number of rotatable bonds is 8. The standard InChI is InChI=1S/C14H21F2NO3/c1-9(2)11(8-18)17-7-10-4-5-12(19-3)13(6-10)20-14(15)16/h4-6,9,11,14,17-18H,7-8H2,1-3H3/t11-/m1/s1. The van der Waals surface area contributed by atoms with Crippen LogP contribution in [0.2, 0.25) is 0 Å². The van der Waals surface area contributed by atoms with Gasteiger partial charge in [0.15, 0.2) is 11.5 Å². The normalized spacial score (nSPS) is 12.8. The molecule has 4 nitrogen and oxygen atoms in total. The van der Waals surface area contributed by atoms with Crippen LogP contribution in [0.1, 0.15) is 19.4 Å². The zero-order valence-electron chi connectivity index (χ0n) is 11.9. The number of nitrogens with one attached hydrogen (secondary N) is 1. The van der Waals surface area contributed by atoms with Crippen LogP contribution in [0.15, 0.2) is 18.2 Å². The third kappa shape index (κ3) is 4.94. The van der Waals surface area contributed by atoms with Gasteiger partial charge in [0, 0.05) is 12.6 Å². The molecule has 0 saturated heterocycles. The Morgan fingerprint density at radius 3 is 2.45 bits per heavy atom. The number of halogens is 2. The maximum absolute atomic E-state index is 12.3. The van der Waals surface area contributed by atoms with Crippen molar-refractivity contribution in [1.82, 2.24) is 5.32 Å². The number of hydrogen-bond donors (Lipinski definition) is 2. The lowest BCUT2D eigenvalue weighted by atomic mass is 10.0. The molecule has 0 radical (unpaired) electrons. The van der Waals surface area contributed by atoms with Gasteiger partial charge in [-0.1, -0.05) is 19.9 Å². The molecule has 0 bridgehead atoms. The van der Waals surface area contributed by atoms with Crippen molar-refractivity contribution >= 4 is 0 Å². The van der Waals surface area contributed by atoms with E-state index in [2.05, 4.69) is 10.1 Å². The Labute approximate surface area is 117 Å². The summed E-state index contributed by atoms with van der Waals surface area (Å²) in [6.45, 7) is 1.56. The van der Waals surface area contributed by atoms with Crippen molar-refractivity contribution in [3.63, 3.8) is 0 Å². The zero-order chi connectivity index (χ0) is 15.1. The van der Waals surface area contributed by atoms with Gasteiger partial charge in [-0.3, -0.25) is 0 Å². The number of methoxy groups -OCH3 is 1. The van der Waals surface area contributed by atoms with Gasteiger partial charge >= 0.3 is 6.61 Å². The second kappa shape index (κ2) is 8.01. The van der Waals surface area contributed by atoms with Crippen molar-refractivity contribution in [3.8, 4) is 11.5 Å². The number of ether oxygens (including phenoxy) is 2. The van der Waals surface area contributed by atoms with Crippen molar-refractivity contribution in [2.75, 3.05) is 13.7 Å². The first-order valence-corrected chi connectivity index (χ1v) is 6.43. The Morgan fingerprint density at radius 2 is 1.95 bits per heavy atom. The van der Waals surface area contributed by atoms with Crippen LogP contribution in [0.4, 0.5) is 8.78 Å². The monoisotopic (exact) mass is 289 g/mol. The maximum atomic E-state index is 12.3. The van der Waals surface area contributed by atoms with Gasteiger partial charge < -0.3 is 19.9 Å². The minimum Gasteiger partial charge on any atom is -0.493 e. The molecule has 0 aliphatic rings. The predicted molar refractivity (Wildman–Crippen MR) is 72.2 cm³/mol. The maximum Gasteiger partial charge on any atom is 0.387 e. The van der Waals surface area contributed by atoms with Gasteiger partial charge in [-0.05, 0) is 23.6 Å². The van der Waals surface area contributed by atoms with E-state index in [9.17, 15) is 13.9 Å². The average molecular weight is 289 g/mol. The number of benzene rings is 1. The van der Waals surface area contributed by atoms with Gasteiger partial charge in [-0.2, -0.15) is 8.78 Å². The smallest absolute Gasteiger partial charge is 0.387 e. The molecule has 2 N–H and O–H groups in total. The van der Waals surface area contributed by atoms with E-state index >= 15 is 0 Å². The largest absolute Gasteiger partial charge is 0.493 e. The van der Waals surface area contributed by atoms with Gasteiger partial charge in [0.1, 0.15) is 0 Å². The summed E-state index contributed by atoms with van der Waals surface area (Å²) in [5.41, 5.74) is 0.778. The van der Waals surface area contributed by atoms with Crippen molar-refractivity contribution in [2.45, 2.75) is 33.0 Å². The molecule has 0 aliphatic heterocycles. The van der Waals surface area contributed by atoms with E-state index < -0.39 is 6.61 Å². The zero-order valence-corrected chi connectivity index (χ0v) is 11.9. The average Bonchev–Trinajstić information content (AvgIpc) is 2.38. The highest BCUT2D eigenvalue weighted by molar-refractivity contribution is 5.43. The van der Waals surface area contributed by atoms with Crippen LogP contribution < -0.4 is 14.8 Å². The Balaban J connectivity index is 2.76. The van der Waals surface area contributed by atoms with E-state index in [4.69, 9.17) is 4.74 Å². The molecule has 0 fully saturated rings. The quantitative estimate of drug-likeness (QED) is 0.771. The summed E-state index contributed by atoms with van der Waals surface area (Å²) in [4.78, 5) is 0. The first-order chi connectivity index (χ1) is 9.47.